The Kier molecular flexibility index (Phi) is 7.80. The SMILES string of the molecule is c1ccc(-c2nc(-c3ccccc3)nc(-n3c4ccccc4c4cc(-c5ccc6c(c5)c5ccccc5n6-c5ccc(-c6cccc7c6oc6ccccc67)cc5)ccc43)n2)cc1. The van der Waals surface area contributed by atoms with Gasteiger partial charge >= 0.3 is 0 Å². The van der Waals surface area contributed by atoms with E-state index >= 15 is 0 Å². The zero-order chi connectivity index (χ0) is 41.4. The van der Waals surface area contributed by atoms with Gasteiger partial charge in [-0.2, -0.15) is 9.97 Å². The summed E-state index contributed by atoms with van der Waals surface area (Å²) in [6.07, 6.45) is 0. The fourth-order valence-corrected chi connectivity index (χ4v) is 9.46. The van der Waals surface area contributed by atoms with Crippen molar-refractivity contribution in [1.82, 2.24) is 24.1 Å². The highest BCUT2D eigenvalue weighted by Crippen LogP contribution is 2.40. The van der Waals surface area contributed by atoms with Crippen molar-refractivity contribution < 1.29 is 4.42 Å². The first-order chi connectivity index (χ1) is 31.2. The normalized spacial score (nSPS) is 11.8. The van der Waals surface area contributed by atoms with Gasteiger partial charge in [-0.25, -0.2) is 4.98 Å². The highest BCUT2D eigenvalue weighted by atomic mass is 16.3. The first-order valence-electron chi connectivity index (χ1n) is 21.2. The second kappa shape index (κ2) is 14.0. The molecule has 4 heterocycles. The highest BCUT2D eigenvalue weighted by molar-refractivity contribution is 6.13. The molecular weight excluding hydrogens is 771 g/mol. The molecule has 13 rings (SSSR count). The Bertz CT molecular complexity index is 3840. The van der Waals surface area contributed by atoms with Gasteiger partial charge in [0.1, 0.15) is 11.2 Å². The van der Waals surface area contributed by atoms with Crippen molar-refractivity contribution in [3.63, 3.8) is 0 Å². The highest BCUT2D eigenvalue weighted by Gasteiger charge is 2.20. The van der Waals surface area contributed by atoms with Gasteiger partial charge in [-0.3, -0.25) is 4.57 Å². The molecule has 0 fully saturated rings. The van der Waals surface area contributed by atoms with Gasteiger partial charge in [0.05, 0.1) is 22.1 Å². The molecule has 0 saturated heterocycles. The Balaban J connectivity index is 0.925. The monoisotopic (exact) mass is 805 g/mol. The molecule has 0 bridgehead atoms. The van der Waals surface area contributed by atoms with Crippen LogP contribution in [0.4, 0.5) is 0 Å². The summed E-state index contributed by atoms with van der Waals surface area (Å²) in [6, 6.07) is 74.6. The summed E-state index contributed by atoms with van der Waals surface area (Å²) in [4.78, 5) is 15.2. The molecule has 6 heteroatoms. The first kappa shape index (κ1) is 35.2. The minimum atomic E-state index is 0.579. The minimum absolute atomic E-state index is 0.579. The van der Waals surface area contributed by atoms with Crippen LogP contribution in [0.1, 0.15) is 0 Å². The smallest absolute Gasteiger partial charge is 0.238 e. The summed E-state index contributed by atoms with van der Waals surface area (Å²) in [5, 5.41) is 6.95. The molecule has 0 radical (unpaired) electrons. The van der Waals surface area contributed by atoms with Gasteiger partial charge in [0.2, 0.25) is 5.95 Å². The zero-order valence-electron chi connectivity index (χ0n) is 33.9. The topological polar surface area (TPSA) is 61.7 Å². The van der Waals surface area contributed by atoms with E-state index < -0.39 is 0 Å². The molecule has 9 aromatic carbocycles. The van der Waals surface area contributed by atoms with Crippen LogP contribution in [0.2, 0.25) is 0 Å². The number of furan rings is 1. The summed E-state index contributed by atoms with van der Waals surface area (Å²) < 4.78 is 10.9. The summed E-state index contributed by atoms with van der Waals surface area (Å²) >= 11 is 0. The predicted octanol–water partition coefficient (Wildman–Crippen LogP) is 14.6. The lowest BCUT2D eigenvalue weighted by atomic mass is 10.0. The third kappa shape index (κ3) is 5.62. The third-order valence-corrected chi connectivity index (χ3v) is 12.4. The van der Waals surface area contributed by atoms with E-state index in [-0.39, 0.29) is 0 Å². The Morgan fingerprint density at radius 1 is 0.317 bits per heavy atom. The van der Waals surface area contributed by atoms with Crippen LogP contribution in [0.5, 0.6) is 0 Å². The largest absolute Gasteiger partial charge is 0.455 e. The van der Waals surface area contributed by atoms with E-state index in [9.17, 15) is 0 Å². The Morgan fingerprint density at radius 2 is 0.810 bits per heavy atom. The fraction of sp³-hybridized carbons (Fsp3) is 0. The molecule has 13 aromatic rings. The van der Waals surface area contributed by atoms with E-state index in [0.717, 1.165) is 93.8 Å². The van der Waals surface area contributed by atoms with E-state index in [4.69, 9.17) is 19.4 Å². The average Bonchev–Trinajstić information content (AvgIpc) is 4.02. The maximum atomic E-state index is 6.39. The lowest BCUT2D eigenvalue weighted by molar-refractivity contribution is 0.670. The van der Waals surface area contributed by atoms with Gasteiger partial charge in [0.25, 0.3) is 0 Å². The number of rotatable bonds is 6. The quantitative estimate of drug-likeness (QED) is 0.168. The van der Waals surface area contributed by atoms with Gasteiger partial charge < -0.3 is 8.98 Å². The van der Waals surface area contributed by atoms with Crippen LogP contribution in [0, 0.1) is 0 Å². The second-order valence-corrected chi connectivity index (χ2v) is 16.0. The Labute approximate surface area is 361 Å². The molecule has 0 spiro atoms. The molecule has 4 aromatic heterocycles. The molecule has 0 aliphatic heterocycles. The third-order valence-electron chi connectivity index (χ3n) is 12.4. The number of aromatic nitrogens is 5. The van der Waals surface area contributed by atoms with Crippen molar-refractivity contribution in [3.05, 3.63) is 212 Å². The van der Waals surface area contributed by atoms with E-state index in [1.807, 2.05) is 72.8 Å². The summed E-state index contributed by atoms with van der Waals surface area (Å²) in [7, 11) is 0. The van der Waals surface area contributed by atoms with Gasteiger partial charge in [0, 0.05) is 54.7 Å². The van der Waals surface area contributed by atoms with Crippen molar-refractivity contribution in [1.29, 1.82) is 0 Å². The van der Waals surface area contributed by atoms with Crippen LogP contribution in [0.15, 0.2) is 217 Å². The first-order valence-corrected chi connectivity index (χ1v) is 21.2. The van der Waals surface area contributed by atoms with Gasteiger partial charge in [-0.1, -0.05) is 158 Å². The van der Waals surface area contributed by atoms with E-state index in [1.165, 1.54) is 10.8 Å². The van der Waals surface area contributed by atoms with Crippen LogP contribution in [0.3, 0.4) is 0 Å². The molecular formula is C57H35N5O. The number of hydrogen-bond acceptors (Lipinski definition) is 4. The maximum absolute atomic E-state index is 6.39. The van der Waals surface area contributed by atoms with Crippen molar-refractivity contribution in [2.45, 2.75) is 0 Å². The summed E-state index contributed by atoms with van der Waals surface area (Å²) in [5.74, 6) is 1.84. The molecule has 0 amide bonds. The van der Waals surface area contributed by atoms with Gasteiger partial charge in [-0.05, 0) is 71.3 Å². The summed E-state index contributed by atoms with van der Waals surface area (Å²) in [5.41, 5.74) is 13.7. The van der Waals surface area contributed by atoms with Crippen molar-refractivity contribution in [3.8, 4) is 56.7 Å². The zero-order valence-corrected chi connectivity index (χ0v) is 33.9. The number of nitrogens with zero attached hydrogens (tertiary/aromatic N) is 5. The second-order valence-electron chi connectivity index (χ2n) is 16.0. The van der Waals surface area contributed by atoms with Crippen molar-refractivity contribution in [2.24, 2.45) is 0 Å². The Morgan fingerprint density at radius 3 is 1.44 bits per heavy atom. The lowest BCUT2D eigenvalue weighted by Crippen LogP contribution is -2.06. The van der Waals surface area contributed by atoms with Crippen LogP contribution in [-0.4, -0.2) is 24.1 Å². The summed E-state index contributed by atoms with van der Waals surface area (Å²) in [6.45, 7) is 0. The molecule has 0 atom stereocenters. The minimum Gasteiger partial charge on any atom is -0.455 e. The van der Waals surface area contributed by atoms with Crippen molar-refractivity contribution in [2.75, 3.05) is 0 Å². The standard InChI is InChI=1S/C57H35N5O/c1-3-14-37(15-4-1)55-58-56(38-16-5-2-6-17-38)60-57(59-55)62-50-24-11-8-19-44(50)48-35-40(29-33-52(48)62)39-28-32-51-47(34-39)43-18-7-10-23-49(43)61(51)41-30-26-36(27-31-41)42-21-13-22-46-45-20-9-12-25-53(45)63-54(42)46/h1-35H. The molecule has 294 valence electrons. The van der Waals surface area contributed by atoms with Crippen LogP contribution in [-0.2, 0) is 0 Å². The van der Waals surface area contributed by atoms with E-state index in [0.29, 0.717) is 17.6 Å². The van der Waals surface area contributed by atoms with E-state index in [2.05, 4.69) is 149 Å². The van der Waals surface area contributed by atoms with Crippen LogP contribution < -0.4 is 0 Å². The maximum Gasteiger partial charge on any atom is 0.238 e. The molecule has 0 unspecified atom stereocenters. The Hall–Kier alpha value is -8.61. The number of hydrogen-bond donors (Lipinski definition) is 0. The molecule has 6 nitrogen and oxygen atoms in total. The lowest BCUT2D eigenvalue weighted by Gasteiger charge is -2.11. The molecule has 0 aliphatic rings. The number of benzene rings is 9. The van der Waals surface area contributed by atoms with Crippen LogP contribution in [0.25, 0.3) is 122 Å². The number of fused-ring (bicyclic) bond motifs is 9. The van der Waals surface area contributed by atoms with Gasteiger partial charge in [0.15, 0.2) is 11.6 Å². The molecule has 0 N–H and O–H groups in total. The molecule has 0 aliphatic carbocycles. The van der Waals surface area contributed by atoms with Gasteiger partial charge in [-0.15, -0.1) is 0 Å². The molecule has 63 heavy (non-hydrogen) atoms. The number of para-hydroxylation sites is 4. The molecule has 0 saturated carbocycles. The fourth-order valence-electron chi connectivity index (χ4n) is 9.46. The van der Waals surface area contributed by atoms with Crippen LogP contribution >= 0.6 is 0 Å². The average molecular weight is 806 g/mol. The van der Waals surface area contributed by atoms with Crippen molar-refractivity contribution >= 4 is 65.6 Å². The van der Waals surface area contributed by atoms with E-state index in [1.54, 1.807) is 0 Å². The predicted molar refractivity (Wildman–Crippen MR) is 258 cm³/mol.